The second-order valence-corrected chi connectivity index (χ2v) is 4.70. The average molecular weight is 219 g/mol. The fourth-order valence-corrected chi connectivity index (χ4v) is 2.09. The molecule has 0 amide bonds. The predicted molar refractivity (Wildman–Crippen MR) is 72.0 cm³/mol. The number of rotatable bonds is 7. The van der Waals surface area contributed by atoms with Gasteiger partial charge in [-0.3, -0.25) is 0 Å². The van der Waals surface area contributed by atoms with E-state index in [2.05, 4.69) is 44.3 Å². The molecule has 0 saturated heterocycles. The lowest BCUT2D eigenvalue weighted by atomic mass is 10.0. The van der Waals surface area contributed by atoms with Gasteiger partial charge in [-0.2, -0.15) is 0 Å². The Kier molecular flexibility index (Phi) is 6.17. The molecule has 0 aliphatic carbocycles. The zero-order valence-corrected chi connectivity index (χ0v) is 11.0. The van der Waals surface area contributed by atoms with Crippen LogP contribution in [0, 0.1) is 13.8 Å². The van der Waals surface area contributed by atoms with Gasteiger partial charge in [0, 0.05) is 0 Å². The minimum Gasteiger partial charge on any atom is -0.317 e. The van der Waals surface area contributed by atoms with Gasteiger partial charge in [0.1, 0.15) is 0 Å². The van der Waals surface area contributed by atoms with Gasteiger partial charge in [0.25, 0.3) is 0 Å². The van der Waals surface area contributed by atoms with Crippen LogP contribution in [0.25, 0.3) is 0 Å². The highest BCUT2D eigenvalue weighted by molar-refractivity contribution is 5.28. The van der Waals surface area contributed by atoms with Crippen molar-refractivity contribution in [1.82, 2.24) is 5.32 Å². The van der Waals surface area contributed by atoms with Crippen LogP contribution in [-0.2, 0) is 6.42 Å². The molecule has 0 bridgehead atoms. The Balaban J connectivity index is 2.21. The topological polar surface area (TPSA) is 12.0 Å². The van der Waals surface area contributed by atoms with E-state index in [9.17, 15) is 0 Å². The summed E-state index contributed by atoms with van der Waals surface area (Å²) in [6.45, 7) is 8.89. The lowest BCUT2D eigenvalue weighted by Crippen LogP contribution is -2.15. The minimum atomic E-state index is 1.16. The number of nitrogens with one attached hydrogen (secondary N) is 1. The van der Waals surface area contributed by atoms with E-state index in [0.29, 0.717) is 0 Å². The first-order chi connectivity index (χ1) is 7.72. The molecule has 0 heterocycles. The highest BCUT2D eigenvalue weighted by atomic mass is 14.8. The second kappa shape index (κ2) is 7.45. The molecule has 1 heteroatoms. The minimum absolute atomic E-state index is 1.16. The lowest BCUT2D eigenvalue weighted by molar-refractivity contribution is 0.616. The van der Waals surface area contributed by atoms with Crippen LogP contribution in [0.5, 0.6) is 0 Å². The van der Waals surface area contributed by atoms with Gasteiger partial charge in [-0.25, -0.2) is 0 Å². The first-order valence-corrected chi connectivity index (χ1v) is 6.50. The van der Waals surface area contributed by atoms with Crippen molar-refractivity contribution in [2.24, 2.45) is 0 Å². The lowest BCUT2D eigenvalue weighted by Gasteiger charge is -2.05. The monoisotopic (exact) mass is 219 g/mol. The molecule has 1 aromatic rings. The van der Waals surface area contributed by atoms with E-state index in [-0.39, 0.29) is 0 Å². The molecule has 0 aliphatic heterocycles. The molecule has 0 saturated carbocycles. The molecule has 0 fully saturated rings. The first kappa shape index (κ1) is 13.2. The Hall–Kier alpha value is -0.820. The molecule has 0 spiro atoms. The molecular formula is C15H25N. The van der Waals surface area contributed by atoms with Crippen LogP contribution in [0.15, 0.2) is 18.2 Å². The number of hydrogen-bond acceptors (Lipinski definition) is 1. The highest BCUT2D eigenvalue weighted by Crippen LogP contribution is 2.11. The van der Waals surface area contributed by atoms with Crippen LogP contribution in [0.1, 0.15) is 42.9 Å². The average Bonchev–Trinajstić information content (AvgIpc) is 2.22. The summed E-state index contributed by atoms with van der Waals surface area (Å²) in [5, 5.41) is 3.44. The zero-order valence-electron chi connectivity index (χ0n) is 11.0. The Bertz CT molecular complexity index is 284. The van der Waals surface area contributed by atoms with Crippen LogP contribution in [0.4, 0.5) is 0 Å². The maximum Gasteiger partial charge on any atom is -0.00488 e. The third-order valence-corrected chi connectivity index (χ3v) is 2.78. The van der Waals surface area contributed by atoms with E-state index in [0.717, 1.165) is 6.54 Å². The van der Waals surface area contributed by atoms with E-state index in [1.807, 2.05) is 0 Å². The maximum atomic E-state index is 3.44. The van der Waals surface area contributed by atoms with Crippen LogP contribution < -0.4 is 5.32 Å². The summed E-state index contributed by atoms with van der Waals surface area (Å²) in [4.78, 5) is 0. The molecule has 0 unspecified atom stereocenters. The van der Waals surface area contributed by atoms with Crippen LogP contribution in [0.3, 0.4) is 0 Å². The third-order valence-electron chi connectivity index (χ3n) is 2.78. The van der Waals surface area contributed by atoms with Gasteiger partial charge in [-0.05, 0) is 58.2 Å². The first-order valence-electron chi connectivity index (χ1n) is 6.50. The Labute approximate surface area is 100 Å². The molecule has 1 nitrogen and oxygen atoms in total. The maximum absolute atomic E-state index is 3.44. The fourth-order valence-electron chi connectivity index (χ4n) is 2.09. The molecule has 1 aromatic carbocycles. The molecular weight excluding hydrogens is 194 g/mol. The smallest absolute Gasteiger partial charge is 0.00488 e. The number of unbranched alkanes of at least 4 members (excludes halogenated alkanes) is 1. The van der Waals surface area contributed by atoms with Gasteiger partial charge >= 0.3 is 0 Å². The molecule has 16 heavy (non-hydrogen) atoms. The van der Waals surface area contributed by atoms with Crippen molar-refractivity contribution in [3.63, 3.8) is 0 Å². The van der Waals surface area contributed by atoms with Crippen molar-refractivity contribution in [1.29, 1.82) is 0 Å². The Morgan fingerprint density at radius 3 is 2.25 bits per heavy atom. The summed E-state index contributed by atoms with van der Waals surface area (Å²) in [5.74, 6) is 0. The van der Waals surface area contributed by atoms with Crippen molar-refractivity contribution in [2.75, 3.05) is 13.1 Å². The molecule has 90 valence electrons. The molecule has 1 rings (SSSR count). The van der Waals surface area contributed by atoms with Crippen LogP contribution in [-0.4, -0.2) is 13.1 Å². The van der Waals surface area contributed by atoms with Crippen LogP contribution in [0.2, 0.25) is 0 Å². The molecule has 1 N–H and O–H groups in total. The summed E-state index contributed by atoms with van der Waals surface area (Å²) >= 11 is 0. The van der Waals surface area contributed by atoms with E-state index < -0.39 is 0 Å². The van der Waals surface area contributed by atoms with Gasteiger partial charge in [0.2, 0.25) is 0 Å². The predicted octanol–water partition coefficient (Wildman–Crippen LogP) is 3.63. The summed E-state index contributed by atoms with van der Waals surface area (Å²) in [5.41, 5.74) is 4.27. The van der Waals surface area contributed by atoms with E-state index in [1.165, 1.54) is 48.9 Å². The zero-order chi connectivity index (χ0) is 11.8. The summed E-state index contributed by atoms with van der Waals surface area (Å²) in [6, 6.07) is 6.87. The van der Waals surface area contributed by atoms with Gasteiger partial charge in [-0.1, -0.05) is 36.2 Å². The van der Waals surface area contributed by atoms with Crippen molar-refractivity contribution in [3.05, 3.63) is 34.9 Å². The number of hydrogen-bond donors (Lipinski definition) is 1. The normalized spacial score (nSPS) is 10.7. The standard InChI is InChI=1S/C15H25N/c1-4-8-16-9-6-5-7-15-11-13(2)10-14(3)12-15/h10-12,16H,4-9H2,1-3H3. The molecule has 0 atom stereocenters. The number of aryl methyl sites for hydroxylation is 3. The van der Waals surface area contributed by atoms with Crippen LogP contribution >= 0.6 is 0 Å². The van der Waals surface area contributed by atoms with Crippen molar-refractivity contribution in [2.45, 2.75) is 46.5 Å². The van der Waals surface area contributed by atoms with Gasteiger partial charge in [-0.15, -0.1) is 0 Å². The Morgan fingerprint density at radius 1 is 0.938 bits per heavy atom. The van der Waals surface area contributed by atoms with Gasteiger partial charge < -0.3 is 5.32 Å². The SMILES string of the molecule is CCCNCCCCc1cc(C)cc(C)c1. The summed E-state index contributed by atoms with van der Waals surface area (Å²) in [7, 11) is 0. The van der Waals surface area contributed by atoms with Gasteiger partial charge in [0.15, 0.2) is 0 Å². The van der Waals surface area contributed by atoms with Crippen molar-refractivity contribution in [3.8, 4) is 0 Å². The molecule has 0 aromatic heterocycles. The third kappa shape index (κ3) is 5.32. The largest absolute Gasteiger partial charge is 0.317 e. The van der Waals surface area contributed by atoms with Crippen molar-refractivity contribution < 1.29 is 0 Å². The highest BCUT2D eigenvalue weighted by Gasteiger charge is 1.96. The van der Waals surface area contributed by atoms with E-state index >= 15 is 0 Å². The van der Waals surface area contributed by atoms with E-state index in [1.54, 1.807) is 0 Å². The van der Waals surface area contributed by atoms with E-state index in [4.69, 9.17) is 0 Å². The summed E-state index contributed by atoms with van der Waals surface area (Å²) in [6.07, 6.45) is 5.03. The number of benzene rings is 1. The molecule has 0 radical (unpaired) electrons. The van der Waals surface area contributed by atoms with Gasteiger partial charge in [0.05, 0.1) is 0 Å². The second-order valence-electron chi connectivity index (χ2n) is 4.70. The van der Waals surface area contributed by atoms with Crippen molar-refractivity contribution >= 4 is 0 Å². The molecule has 0 aliphatic rings. The fraction of sp³-hybridized carbons (Fsp3) is 0.600. The Morgan fingerprint density at radius 2 is 1.62 bits per heavy atom. The summed E-state index contributed by atoms with van der Waals surface area (Å²) < 4.78 is 0. The quantitative estimate of drug-likeness (QED) is 0.691.